The Morgan fingerprint density at radius 1 is 1.33 bits per heavy atom. The van der Waals surface area contributed by atoms with E-state index in [0.29, 0.717) is 39.3 Å². The predicted molar refractivity (Wildman–Crippen MR) is 114 cm³/mol. The van der Waals surface area contributed by atoms with Crippen LogP contribution in [0.2, 0.25) is 0 Å². The van der Waals surface area contributed by atoms with Gasteiger partial charge < -0.3 is 19.6 Å². The average Bonchev–Trinajstić information content (AvgIpc) is 3.02. The zero-order valence-corrected chi connectivity index (χ0v) is 18.8. The van der Waals surface area contributed by atoms with E-state index in [1.807, 2.05) is 25.7 Å². The van der Waals surface area contributed by atoms with Gasteiger partial charge >= 0.3 is 11.9 Å². The number of esters is 2. The number of ether oxygens (including phenoxy) is 2. The topological polar surface area (TPSA) is 122 Å². The highest BCUT2D eigenvalue weighted by Crippen LogP contribution is 2.27. The molecule has 0 aromatic carbocycles. The number of aromatic nitrogens is 2. The maximum atomic E-state index is 12.6. The first-order chi connectivity index (χ1) is 14.2. The summed E-state index contributed by atoms with van der Waals surface area (Å²) in [4.78, 5) is 46.0. The summed E-state index contributed by atoms with van der Waals surface area (Å²) in [5.41, 5.74) is 0.226. The Labute approximate surface area is 179 Å². The lowest BCUT2D eigenvalue weighted by molar-refractivity contribution is -0.147. The number of hydrogen-bond acceptors (Lipinski definition) is 9. The van der Waals surface area contributed by atoms with Crippen molar-refractivity contribution in [1.82, 2.24) is 14.9 Å². The van der Waals surface area contributed by atoms with Gasteiger partial charge in [0.1, 0.15) is 28.2 Å². The van der Waals surface area contributed by atoms with E-state index in [1.54, 1.807) is 6.92 Å². The van der Waals surface area contributed by atoms with Crippen molar-refractivity contribution >= 4 is 33.5 Å². The molecule has 0 aliphatic rings. The maximum absolute atomic E-state index is 12.6. The third kappa shape index (κ3) is 5.87. The molecule has 30 heavy (non-hydrogen) atoms. The first kappa shape index (κ1) is 24.0. The summed E-state index contributed by atoms with van der Waals surface area (Å²) in [7, 11) is 1.29. The molecule has 2 N–H and O–H groups in total. The van der Waals surface area contributed by atoms with Crippen LogP contribution in [0.3, 0.4) is 0 Å². The zero-order valence-electron chi connectivity index (χ0n) is 18.0. The normalized spacial score (nSPS) is 12.5. The number of carbonyl (C=O) groups excluding carboxylic acids is 2. The highest BCUT2D eigenvalue weighted by atomic mass is 32.1. The molecule has 0 amide bonds. The fourth-order valence-corrected chi connectivity index (χ4v) is 4.11. The van der Waals surface area contributed by atoms with Gasteiger partial charge in [-0.25, -0.2) is 9.78 Å². The molecule has 166 valence electrons. The van der Waals surface area contributed by atoms with Gasteiger partial charge in [0, 0.05) is 19.0 Å². The molecule has 9 nitrogen and oxygen atoms in total. The molecule has 0 saturated heterocycles. The summed E-state index contributed by atoms with van der Waals surface area (Å²) in [6.45, 7) is 7.93. The number of rotatable bonds is 10. The van der Waals surface area contributed by atoms with Gasteiger partial charge in [-0.3, -0.25) is 14.5 Å². The van der Waals surface area contributed by atoms with Crippen molar-refractivity contribution in [3.8, 4) is 0 Å². The van der Waals surface area contributed by atoms with Crippen LogP contribution >= 0.6 is 11.3 Å². The lowest BCUT2D eigenvalue weighted by Gasteiger charge is -2.28. The molecular weight excluding hydrogens is 410 g/mol. The largest absolute Gasteiger partial charge is 0.465 e. The highest BCUT2D eigenvalue weighted by molar-refractivity contribution is 7.20. The number of aliphatic hydroxyl groups is 1. The zero-order chi connectivity index (χ0) is 22.4. The molecule has 1 unspecified atom stereocenters. The van der Waals surface area contributed by atoms with Crippen molar-refractivity contribution in [2.24, 2.45) is 0 Å². The lowest BCUT2D eigenvalue weighted by atomic mass is 10.2. The smallest absolute Gasteiger partial charge is 0.348 e. The molecule has 0 bridgehead atoms. The molecule has 2 rings (SSSR count). The summed E-state index contributed by atoms with van der Waals surface area (Å²) < 4.78 is 9.84. The molecule has 2 heterocycles. The molecule has 0 spiro atoms. The van der Waals surface area contributed by atoms with Crippen molar-refractivity contribution in [3.05, 3.63) is 26.6 Å². The molecule has 10 heteroatoms. The molecule has 2 aromatic rings. The van der Waals surface area contributed by atoms with Crippen LogP contribution in [0.15, 0.2) is 4.79 Å². The maximum Gasteiger partial charge on any atom is 0.348 e. The minimum atomic E-state index is -0.862. The van der Waals surface area contributed by atoms with E-state index in [9.17, 15) is 19.5 Å². The van der Waals surface area contributed by atoms with Crippen LogP contribution in [0.5, 0.6) is 0 Å². The Hall–Kier alpha value is -2.30. The molecule has 2 aromatic heterocycles. The van der Waals surface area contributed by atoms with Crippen molar-refractivity contribution in [3.63, 3.8) is 0 Å². The molecule has 0 aliphatic carbocycles. The van der Waals surface area contributed by atoms with Crippen LogP contribution in [-0.2, 0) is 20.8 Å². The number of aryl methyl sites for hydroxylation is 1. The van der Waals surface area contributed by atoms with Crippen molar-refractivity contribution in [2.45, 2.75) is 59.2 Å². The molecule has 0 saturated carbocycles. The van der Waals surface area contributed by atoms with Gasteiger partial charge in [0.05, 0.1) is 19.0 Å². The SMILES string of the molecule is CCCC(=O)OCC(O)CN(Cc1nc2sc(C(=O)OC)c(C)c2c(=O)[nH]1)C(C)C. The van der Waals surface area contributed by atoms with E-state index in [0.717, 1.165) is 11.3 Å². The van der Waals surface area contributed by atoms with E-state index in [4.69, 9.17) is 9.47 Å². The second kappa shape index (κ2) is 10.6. The second-order valence-corrected chi connectivity index (χ2v) is 8.35. The van der Waals surface area contributed by atoms with Crippen LogP contribution in [-0.4, -0.2) is 64.3 Å². The van der Waals surface area contributed by atoms with Gasteiger partial charge in [0.25, 0.3) is 5.56 Å². The molecular formula is C20H29N3O6S. The Balaban J connectivity index is 2.17. The van der Waals surface area contributed by atoms with E-state index in [-0.39, 0.29) is 37.3 Å². The van der Waals surface area contributed by atoms with Crippen LogP contribution in [0.4, 0.5) is 0 Å². The molecule has 0 radical (unpaired) electrons. The van der Waals surface area contributed by atoms with Gasteiger partial charge in [0.2, 0.25) is 0 Å². The molecule has 1 atom stereocenters. The van der Waals surface area contributed by atoms with Crippen molar-refractivity contribution in [2.75, 3.05) is 20.3 Å². The first-order valence-corrected chi connectivity index (χ1v) is 10.7. The van der Waals surface area contributed by atoms with Crippen LogP contribution < -0.4 is 5.56 Å². The van der Waals surface area contributed by atoms with Gasteiger partial charge in [-0.15, -0.1) is 11.3 Å². The number of fused-ring (bicyclic) bond motifs is 1. The third-order valence-corrected chi connectivity index (χ3v) is 5.81. The van der Waals surface area contributed by atoms with E-state index < -0.39 is 12.1 Å². The third-order valence-electron chi connectivity index (χ3n) is 4.64. The summed E-state index contributed by atoms with van der Waals surface area (Å²) in [5, 5.41) is 10.6. The fraction of sp³-hybridized carbons (Fsp3) is 0.600. The van der Waals surface area contributed by atoms with E-state index in [1.165, 1.54) is 7.11 Å². The monoisotopic (exact) mass is 439 g/mol. The Kier molecular flexibility index (Phi) is 8.51. The number of carbonyl (C=O) groups is 2. The minimum absolute atomic E-state index is 0.0442. The van der Waals surface area contributed by atoms with Crippen LogP contribution in [0.25, 0.3) is 10.2 Å². The number of thiophene rings is 1. The van der Waals surface area contributed by atoms with Crippen molar-refractivity contribution in [1.29, 1.82) is 0 Å². The summed E-state index contributed by atoms with van der Waals surface area (Å²) >= 11 is 1.12. The van der Waals surface area contributed by atoms with Gasteiger partial charge in [-0.1, -0.05) is 6.92 Å². The summed E-state index contributed by atoms with van der Waals surface area (Å²) in [6, 6.07) is 0.0442. The van der Waals surface area contributed by atoms with E-state index >= 15 is 0 Å². The molecule has 0 fully saturated rings. The lowest BCUT2D eigenvalue weighted by Crippen LogP contribution is -2.39. The highest BCUT2D eigenvalue weighted by Gasteiger charge is 2.22. The Bertz CT molecular complexity index is 952. The number of hydrogen-bond donors (Lipinski definition) is 2. The van der Waals surface area contributed by atoms with Gasteiger partial charge in [-0.2, -0.15) is 0 Å². The van der Waals surface area contributed by atoms with Gasteiger partial charge in [0.15, 0.2) is 0 Å². The number of methoxy groups -OCH3 is 1. The average molecular weight is 440 g/mol. The number of nitrogens with zero attached hydrogens (tertiary/aromatic N) is 2. The Morgan fingerprint density at radius 3 is 2.63 bits per heavy atom. The minimum Gasteiger partial charge on any atom is -0.465 e. The number of nitrogens with one attached hydrogen (secondary N) is 1. The number of H-pyrrole nitrogens is 1. The molecule has 0 aliphatic heterocycles. The van der Waals surface area contributed by atoms with Crippen LogP contribution in [0, 0.1) is 6.92 Å². The number of aliphatic hydroxyl groups excluding tert-OH is 1. The van der Waals surface area contributed by atoms with Gasteiger partial charge in [-0.05, 0) is 32.8 Å². The summed E-state index contributed by atoms with van der Waals surface area (Å²) in [6.07, 6.45) is 0.146. The first-order valence-electron chi connectivity index (χ1n) is 9.86. The van der Waals surface area contributed by atoms with Crippen LogP contribution in [0.1, 0.15) is 54.7 Å². The standard InChI is InChI=1S/C20H29N3O6S/c1-6-7-15(25)29-10-13(24)8-23(11(2)3)9-14-21-18(26)16-12(4)17(20(27)28-5)30-19(16)22-14/h11,13,24H,6-10H2,1-5H3,(H,21,22,26). The predicted octanol–water partition coefficient (Wildman–Crippen LogP) is 1.99. The Morgan fingerprint density at radius 2 is 2.03 bits per heavy atom. The van der Waals surface area contributed by atoms with Crippen molar-refractivity contribution < 1.29 is 24.2 Å². The van der Waals surface area contributed by atoms with E-state index in [2.05, 4.69) is 9.97 Å². The number of aromatic amines is 1. The fourth-order valence-electron chi connectivity index (χ4n) is 2.99. The summed E-state index contributed by atoms with van der Waals surface area (Å²) in [5.74, 6) is -0.409. The quantitative estimate of drug-likeness (QED) is 0.539. The second-order valence-electron chi connectivity index (χ2n) is 7.35.